The summed E-state index contributed by atoms with van der Waals surface area (Å²) in [6.07, 6.45) is 1.39. The van der Waals surface area contributed by atoms with Crippen LogP contribution < -0.4 is 10.2 Å². The molecule has 3 aromatic carbocycles. The maximum Gasteiger partial charge on any atom is 0.250 e. The summed E-state index contributed by atoms with van der Waals surface area (Å²) in [7, 11) is 1.62. The van der Waals surface area contributed by atoms with Crippen molar-refractivity contribution in [1.82, 2.24) is 20.2 Å². The quantitative estimate of drug-likeness (QED) is 0.182. The van der Waals surface area contributed by atoms with Gasteiger partial charge in [-0.3, -0.25) is 9.36 Å². The van der Waals surface area contributed by atoms with E-state index in [-0.39, 0.29) is 17.4 Å². The van der Waals surface area contributed by atoms with Crippen LogP contribution in [-0.2, 0) is 4.79 Å². The van der Waals surface area contributed by atoms with Crippen molar-refractivity contribution in [2.75, 3.05) is 12.9 Å². The molecule has 10 heteroatoms. The van der Waals surface area contributed by atoms with Crippen LogP contribution in [0.1, 0.15) is 11.1 Å². The minimum absolute atomic E-state index is 0.0665. The second kappa shape index (κ2) is 11.2. The third-order valence-corrected chi connectivity index (χ3v) is 6.41. The number of halogens is 1. The van der Waals surface area contributed by atoms with E-state index >= 15 is 0 Å². The molecule has 2 N–H and O–H groups in total. The van der Waals surface area contributed by atoms with Gasteiger partial charge in [-0.1, -0.05) is 57.5 Å². The average Bonchev–Trinajstić information content (AvgIpc) is 3.29. The first kappa shape index (κ1) is 24.5. The molecule has 1 heterocycles. The summed E-state index contributed by atoms with van der Waals surface area (Å²) in [6, 6.07) is 20.5. The predicted molar refractivity (Wildman–Crippen MR) is 140 cm³/mol. The molecule has 0 radical (unpaired) electrons. The first-order valence-corrected chi connectivity index (χ1v) is 12.3. The molecule has 8 nitrogen and oxygen atoms in total. The van der Waals surface area contributed by atoms with Gasteiger partial charge in [-0.25, -0.2) is 5.43 Å². The maximum absolute atomic E-state index is 12.4. The van der Waals surface area contributed by atoms with Crippen LogP contribution in [-0.4, -0.2) is 44.9 Å². The van der Waals surface area contributed by atoms with Crippen molar-refractivity contribution in [3.63, 3.8) is 0 Å². The number of ether oxygens (including phenoxy) is 1. The molecule has 0 aliphatic carbocycles. The van der Waals surface area contributed by atoms with E-state index in [1.165, 1.54) is 18.0 Å². The molecule has 35 heavy (non-hydrogen) atoms. The Morgan fingerprint density at radius 1 is 1.14 bits per heavy atom. The van der Waals surface area contributed by atoms with E-state index in [0.29, 0.717) is 16.5 Å². The molecule has 4 rings (SSSR count). The number of aromatic nitrogens is 3. The number of phenolic OH excluding ortho intramolecular Hbond substituents is 1. The van der Waals surface area contributed by atoms with Gasteiger partial charge in [0.2, 0.25) is 0 Å². The molecule has 0 saturated heterocycles. The van der Waals surface area contributed by atoms with Gasteiger partial charge in [-0.05, 0) is 49.4 Å². The molecule has 0 aliphatic rings. The van der Waals surface area contributed by atoms with E-state index in [4.69, 9.17) is 4.74 Å². The molecule has 0 spiro atoms. The van der Waals surface area contributed by atoms with Crippen molar-refractivity contribution in [2.45, 2.75) is 12.1 Å². The van der Waals surface area contributed by atoms with Crippen molar-refractivity contribution >= 4 is 39.8 Å². The lowest BCUT2D eigenvalue weighted by Crippen LogP contribution is -2.20. The molecule has 0 aliphatic heterocycles. The highest BCUT2D eigenvalue weighted by Gasteiger charge is 2.17. The number of carbonyl (C=O) groups is 1. The van der Waals surface area contributed by atoms with E-state index < -0.39 is 0 Å². The van der Waals surface area contributed by atoms with Crippen LogP contribution >= 0.6 is 27.7 Å². The molecule has 4 aromatic rings. The number of amides is 1. The number of aryl methyl sites for hydroxylation is 1. The third kappa shape index (κ3) is 6.09. The number of nitrogens with one attached hydrogen (secondary N) is 1. The van der Waals surface area contributed by atoms with Gasteiger partial charge >= 0.3 is 0 Å². The summed E-state index contributed by atoms with van der Waals surface area (Å²) < 4.78 is 7.98. The molecular formula is C25H22BrN5O3S. The van der Waals surface area contributed by atoms with Gasteiger partial charge in [0.1, 0.15) is 11.5 Å². The summed E-state index contributed by atoms with van der Waals surface area (Å²) in [5.41, 5.74) is 5.86. The number of nitrogens with zero attached hydrogens (tertiary/aromatic N) is 4. The molecule has 178 valence electrons. The van der Waals surface area contributed by atoms with Crippen LogP contribution in [0.2, 0.25) is 0 Å². The van der Waals surface area contributed by atoms with Crippen LogP contribution in [0, 0.1) is 6.92 Å². The van der Waals surface area contributed by atoms with Gasteiger partial charge in [0.15, 0.2) is 11.0 Å². The van der Waals surface area contributed by atoms with Crippen molar-refractivity contribution in [3.05, 3.63) is 82.3 Å². The zero-order chi connectivity index (χ0) is 24.8. The number of hydrogen-bond acceptors (Lipinski definition) is 7. The van der Waals surface area contributed by atoms with Crippen LogP contribution in [0.4, 0.5) is 0 Å². The molecule has 0 atom stereocenters. The molecule has 0 fully saturated rings. The van der Waals surface area contributed by atoms with E-state index in [9.17, 15) is 9.90 Å². The maximum atomic E-state index is 12.4. The Hall–Kier alpha value is -3.63. The van der Waals surface area contributed by atoms with Crippen molar-refractivity contribution in [2.24, 2.45) is 5.10 Å². The Morgan fingerprint density at radius 3 is 2.60 bits per heavy atom. The van der Waals surface area contributed by atoms with E-state index in [2.05, 4.69) is 36.7 Å². The number of thioether (sulfide) groups is 1. The smallest absolute Gasteiger partial charge is 0.250 e. The monoisotopic (exact) mass is 551 g/mol. The first-order chi connectivity index (χ1) is 16.9. The zero-order valence-electron chi connectivity index (χ0n) is 19.0. The van der Waals surface area contributed by atoms with Gasteiger partial charge in [0, 0.05) is 21.3 Å². The lowest BCUT2D eigenvalue weighted by atomic mass is 10.1. The second-order valence-corrected chi connectivity index (χ2v) is 9.35. The summed E-state index contributed by atoms with van der Waals surface area (Å²) in [4.78, 5) is 12.4. The lowest BCUT2D eigenvalue weighted by molar-refractivity contribution is -0.118. The van der Waals surface area contributed by atoms with E-state index in [0.717, 1.165) is 27.0 Å². The fourth-order valence-electron chi connectivity index (χ4n) is 3.18. The van der Waals surface area contributed by atoms with Crippen LogP contribution in [0.3, 0.4) is 0 Å². The molecular weight excluding hydrogens is 530 g/mol. The Morgan fingerprint density at radius 2 is 1.89 bits per heavy atom. The first-order valence-electron chi connectivity index (χ1n) is 10.5. The van der Waals surface area contributed by atoms with Gasteiger partial charge in [-0.2, -0.15) is 5.10 Å². The van der Waals surface area contributed by atoms with Crippen LogP contribution in [0.5, 0.6) is 11.5 Å². The van der Waals surface area contributed by atoms with E-state index in [1.54, 1.807) is 25.3 Å². The third-order valence-electron chi connectivity index (χ3n) is 4.99. The largest absolute Gasteiger partial charge is 0.507 e. The Kier molecular flexibility index (Phi) is 7.84. The standard InChI is InChI=1S/C25H22BrN5O3S/c1-16-3-5-17(6-4-16)24-29-30-25(31(24)20-8-10-21(34-2)11-9-20)35-15-23(33)28-27-14-18-13-19(26)7-12-22(18)32/h3-14,32H,15H2,1-2H3,(H,28,33)/b27-14+. The number of aromatic hydroxyl groups is 1. The van der Waals surface area contributed by atoms with Gasteiger partial charge in [0.25, 0.3) is 5.91 Å². The molecule has 0 saturated carbocycles. The Labute approximate surface area is 215 Å². The highest BCUT2D eigenvalue weighted by atomic mass is 79.9. The Balaban J connectivity index is 1.52. The fraction of sp³-hybridized carbons (Fsp3) is 0.120. The normalized spacial score (nSPS) is 11.1. The summed E-state index contributed by atoms with van der Waals surface area (Å²) in [5.74, 6) is 1.23. The van der Waals surface area contributed by atoms with Crippen molar-refractivity contribution < 1.29 is 14.6 Å². The SMILES string of the molecule is COc1ccc(-n2c(SCC(=O)N/N=C/c3cc(Br)ccc3O)nnc2-c2ccc(C)cc2)cc1. The summed E-state index contributed by atoms with van der Waals surface area (Å²) >= 11 is 4.58. The topological polar surface area (TPSA) is 102 Å². The average molecular weight is 552 g/mol. The molecule has 1 amide bonds. The minimum Gasteiger partial charge on any atom is -0.507 e. The number of methoxy groups -OCH3 is 1. The van der Waals surface area contributed by atoms with Crippen molar-refractivity contribution in [1.29, 1.82) is 0 Å². The number of rotatable bonds is 8. The molecule has 0 bridgehead atoms. The van der Waals surface area contributed by atoms with Gasteiger partial charge < -0.3 is 9.84 Å². The van der Waals surface area contributed by atoms with Crippen LogP contribution in [0.25, 0.3) is 17.1 Å². The zero-order valence-corrected chi connectivity index (χ0v) is 21.4. The van der Waals surface area contributed by atoms with E-state index in [1.807, 2.05) is 60.0 Å². The van der Waals surface area contributed by atoms with Gasteiger partial charge in [0.05, 0.1) is 19.1 Å². The number of hydrazone groups is 1. The summed E-state index contributed by atoms with van der Waals surface area (Å²) in [5, 5.41) is 23.1. The highest BCUT2D eigenvalue weighted by molar-refractivity contribution is 9.10. The number of phenols is 1. The molecule has 1 aromatic heterocycles. The Bertz CT molecular complexity index is 1350. The highest BCUT2D eigenvalue weighted by Crippen LogP contribution is 2.29. The fourth-order valence-corrected chi connectivity index (χ4v) is 4.31. The second-order valence-electron chi connectivity index (χ2n) is 7.49. The summed E-state index contributed by atoms with van der Waals surface area (Å²) in [6.45, 7) is 2.03. The number of hydrogen-bond donors (Lipinski definition) is 2. The molecule has 0 unspecified atom stereocenters. The number of benzene rings is 3. The lowest BCUT2D eigenvalue weighted by Gasteiger charge is -2.11. The number of carbonyl (C=O) groups excluding carboxylic acids is 1. The van der Waals surface area contributed by atoms with Gasteiger partial charge in [-0.15, -0.1) is 10.2 Å². The minimum atomic E-state index is -0.318. The predicted octanol–water partition coefficient (Wildman–Crippen LogP) is 4.96. The van der Waals surface area contributed by atoms with Crippen LogP contribution in [0.15, 0.2) is 81.5 Å². The van der Waals surface area contributed by atoms with Crippen molar-refractivity contribution in [3.8, 4) is 28.6 Å².